The lowest BCUT2D eigenvalue weighted by molar-refractivity contribution is 0.0828. The van der Waals surface area contributed by atoms with Crippen LogP contribution >= 0.6 is 0 Å². The van der Waals surface area contributed by atoms with E-state index in [-0.39, 0.29) is 5.82 Å². The van der Waals surface area contributed by atoms with Gasteiger partial charge >= 0.3 is 0 Å². The topological polar surface area (TPSA) is 101 Å². The lowest BCUT2D eigenvalue weighted by Crippen LogP contribution is -2.49. The standard InChI is InChI=1S/C32H36FN9/c1-20-15-22(33)16-28-26(20)17-35-32(39-28)38-23-5-3-21(4-6-23)27-18-42(31-29(27)30(34)36-19-37-31)25-9-7-24(8-10-25)41-13-11-40(2)12-14-41/h3-6,15-19,24-25H,7-14H2,1-2H3,(H2,34,36,37)(H,35,38,39)/t24-,25-. The van der Waals surface area contributed by atoms with Crippen LogP contribution in [0.4, 0.5) is 21.8 Å². The molecule has 3 N–H and O–H groups in total. The molecular weight excluding hydrogens is 529 g/mol. The Balaban J connectivity index is 1.12. The van der Waals surface area contributed by atoms with Gasteiger partial charge in [-0.15, -0.1) is 0 Å². The molecule has 1 saturated carbocycles. The van der Waals surface area contributed by atoms with Gasteiger partial charge in [0.05, 0.1) is 10.9 Å². The molecular formula is C32H36FN9. The molecule has 0 bridgehead atoms. The van der Waals surface area contributed by atoms with Crippen molar-refractivity contribution >= 4 is 39.4 Å². The molecule has 1 aliphatic carbocycles. The van der Waals surface area contributed by atoms with Crippen molar-refractivity contribution in [1.82, 2.24) is 34.3 Å². The summed E-state index contributed by atoms with van der Waals surface area (Å²) >= 11 is 0. The Morgan fingerprint density at radius 1 is 0.929 bits per heavy atom. The zero-order valence-corrected chi connectivity index (χ0v) is 24.1. The molecule has 1 saturated heterocycles. The average molecular weight is 566 g/mol. The molecule has 2 aromatic carbocycles. The van der Waals surface area contributed by atoms with E-state index in [1.165, 1.54) is 38.1 Å². The molecule has 2 fully saturated rings. The summed E-state index contributed by atoms with van der Waals surface area (Å²) in [6.45, 7) is 6.51. The van der Waals surface area contributed by atoms with E-state index in [9.17, 15) is 4.39 Å². The summed E-state index contributed by atoms with van der Waals surface area (Å²) in [5, 5.41) is 4.98. The van der Waals surface area contributed by atoms with Crippen LogP contribution in [0.5, 0.6) is 0 Å². The van der Waals surface area contributed by atoms with Gasteiger partial charge in [-0.3, -0.25) is 4.90 Å². The van der Waals surface area contributed by atoms with Crippen LogP contribution < -0.4 is 11.1 Å². The van der Waals surface area contributed by atoms with E-state index in [0.717, 1.165) is 64.7 Å². The number of fused-ring (bicyclic) bond motifs is 2. The highest BCUT2D eigenvalue weighted by Gasteiger charge is 2.30. The van der Waals surface area contributed by atoms with Crippen LogP contribution in [0.3, 0.4) is 0 Å². The summed E-state index contributed by atoms with van der Waals surface area (Å²) in [4.78, 5) is 23.1. The van der Waals surface area contributed by atoms with Gasteiger partial charge in [0.1, 0.15) is 23.6 Å². The van der Waals surface area contributed by atoms with E-state index in [0.29, 0.717) is 29.4 Å². The number of hydrogen-bond acceptors (Lipinski definition) is 8. The molecule has 2 aliphatic rings. The molecule has 0 unspecified atom stereocenters. The van der Waals surface area contributed by atoms with E-state index in [1.807, 2.05) is 19.1 Å². The molecule has 0 atom stereocenters. The first-order chi connectivity index (χ1) is 20.4. The molecule has 0 spiro atoms. The molecule has 10 heteroatoms. The van der Waals surface area contributed by atoms with Gasteiger partial charge in [-0.1, -0.05) is 12.1 Å². The van der Waals surface area contributed by atoms with Gasteiger partial charge < -0.3 is 20.5 Å². The van der Waals surface area contributed by atoms with E-state index < -0.39 is 0 Å². The van der Waals surface area contributed by atoms with Crippen LogP contribution in [0.15, 0.2) is 55.1 Å². The fraction of sp³-hybridized carbons (Fsp3) is 0.375. The van der Waals surface area contributed by atoms with Crippen molar-refractivity contribution in [3.05, 3.63) is 66.5 Å². The molecule has 7 rings (SSSR count). The third kappa shape index (κ3) is 5.05. The van der Waals surface area contributed by atoms with Crippen molar-refractivity contribution in [2.24, 2.45) is 0 Å². The van der Waals surface area contributed by atoms with E-state index in [1.54, 1.807) is 12.5 Å². The quantitative estimate of drug-likeness (QED) is 0.286. The maximum atomic E-state index is 13.9. The highest BCUT2D eigenvalue weighted by molar-refractivity contribution is 6.00. The Kier molecular flexibility index (Phi) is 6.95. The third-order valence-electron chi connectivity index (χ3n) is 9.08. The maximum absolute atomic E-state index is 13.9. The number of likely N-dealkylation sites (N-methyl/N-ethyl adjacent to an activating group) is 1. The number of rotatable bonds is 5. The van der Waals surface area contributed by atoms with Crippen LogP contribution in [-0.2, 0) is 0 Å². The highest BCUT2D eigenvalue weighted by Crippen LogP contribution is 2.39. The van der Waals surface area contributed by atoms with Gasteiger partial charge in [-0.05, 0) is 69.0 Å². The summed E-state index contributed by atoms with van der Waals surface area (Å²) in [6, 6.07) is 12.1. The highest BCUT2D eigenvalue weighted by atomic mass is 19.1. The first-order valence-corrected chi connectivity index (χ1v) is 14.8. The second-order valence-electron chi connectivity index (χ2n) is 11.8. The van der Waals surface area contributed by atoms with Crippen molar-refractivity contribution in [1.29, 1.82) is 0 Å². The molecule has 4 heterocycles. The number of anilines is 3. The lowest BCUT2D eigenvalue weighted by Gasteiger charge is -2.41. The third-order valence-corrected chi connectivity index (χ3v) is 9.08. The summed E-state index contributed by atoms with van der Waals surface area (Å²) < 4.78 is 16.3. The van der Waals surface area contributed by atoms with Crippen LogP contribution in [0, 0.1) is 12.7 Å². The number of hydrogen-bond donors (Lipinski definition) is 2. The van der Waals surface area contributed by atoms with Crippen LogP contribution in [0.1, 0.15) is 37.3 Å². The number of piperazine rings is 1. The zero-order valence-electron chi connectivity index (χ0n) is 24.1. The monoisotopic (exact) mass is 565 g/mol. The minimum Gasteiger partial charge on any atom is -0.383 e. The summed E-state index contributed by atoms with van der Waals surface area (Å²) in [6.07, 6.45) is 10.2. The zero-order chi connectivity index (χ0) is 28.8. The summed E-state index contributed by atoms with van der Waals surface area (Å²) in [5.74, 6) is 0.607. The number of nitrogens with two attached hydrogens (primary N) is 1. The Labute approximate surface area is 244 Å². The van der Waals surface area contributed by atoms with Crippen LogP contribution in [-0.4, -0.2) is 73.6 Å². The van der Waals surface area contributed by atoms with Crippen molar-refractivity contribution in [2.45, 2.75) is 44.7 Å². The largest absolute Gasteiger partial charge is 0.383 e. The van der Waals surface area contributed by atoms with E-state index in [4.69, 9.17) is 10.7 Å². The fourth-order valence-corrected chi connectivity index (χ4v) is 6.68. The lowest BCUT2D eigenvalue weighted by atomic mass is 9.89. The molecule has 1 aliphatic heterocycles. The normalized spacial score (nSPS) is 20.4. The van der Waals surface area contributed by atoms with E-state index in [2.05, 4.69) is 60.0 Å². The van der Waals surface area contributed by atoms with Gasteiger partial charge in [0.25, 0.3) is 0 Å². The number of nitrogens with zero attached hydrogens (tertiary/aromatic N) is 7. The van der Waals surface area contributed by atoms with Crippen LogP contribution in [0.25, 0.3) is 33.1 Å². The number of nitrogen functional groups attached to an aromatic ring is 1. The predicted octanol–water partition coefficient (Wildman–Crippen LogP) is 5.55. The number of aromatic nitrogens is 5. The number of nitrogens with one attached hydrogen (secondary N) is 1. The van der Waals surface area contributed by atoms with Gasteiger partial charge in [0.2, 0.25) is 5.95 Å². The minimum atomic E-state index is -0.306. The fourth-order valence-electron chi connectivity index (χ4n) is 6.68. The van der Waals surface area contributed by atoms with Crippen molar-refractivity contribution in [2.75, 3.05) is 44.3 Å². The van der Waals surface area contributed by atoms with Crippen molar-refractivity contribution in [3.8, 4) is 11.1 Å². The molecule has 0 radical (unpaired) electrons. The molecule has 9 nitrogen and oxygen atoms in total. The molecule has 5 aromatic rings. The Morgan fingerprint density at radius 2 is 1.67 bits per heavy atom. The maximum Gasteiger partial charge on any atom is 0.227 e. The SMILES string of the molecule is Cc1cc(F)cc2nc(Nc3ccc(-c4cn([C@H]5CC[C@H](N6CCN(C)CC6)CC5)c5ncnc(N)c45)cc3)ncc12. The van der Waals surface area contributed by atoms with Crippen molar-refractivity contribution < 1.29 is 4.39 Å². The summed E-state index contributed by atoms with van der Waals surface area (Å²) in [5.41, 5.74) is 11.6. The molecule has 216 valence electrons. The number of halogens is 1. The molecule has 42 heavy (non-hydrogen) atoms. The predicted molar refractivity (Wildman–Crippen MR) is 165 cm³/mol. The number of aryl methyl sites for hydroxylation is 1. The second-order valence-corrected chi connectivity index (χ2v) is 11.8. The smallest absolute Gasteiger partial charge is 0.227 e. The first-order valence-electron chi connectivity index (χ1n) is 14.8. The first kappa shape index (κ1) is 26.7. The van der Waals surface area contributed by atoms with Gasteiger partial charge in [0.15, 0.2) is 0 Å². The van der Waals surface area contributed by atoms with Crippen molar-refractivity contribution in [3.63, 3.8) is 0 Å². The Bertz CT molecular complexity index is 1730. The number of benzene rings is 2. The Hall–Kier alpha value is -4.15. The summed E-state index contributed by atoms with van der Waals surface area (Å²) in [7, 11) is 2.21. The van der Waals surface area contributed by atoms with Gasteiger partial charge in [-0.25, -0.2) is 24.3 Å². The molecule has 0 amide bonds. The van der Waals surface area contributed by atoms with E-state index >= 15 is 0 Å². The van der Waals surface area contributed by atoms with Gasteiger partial charge in [-0.2, -0.15) is 0 Å². The average Bonchev–Trinajstić information content (AvgIpc) is 3.39. The second kappa shape index (κ2) is 10.9. The minimum absolute atomic E-state index is 0.306. The Morgan fingerprint density at radius 3 is 2.43 bits per heavy atom. The molecule has 3 aromatic heterocycles. The van der Waals surface area contributed by atoms with Crippen LogP contribution in [0.2, 0.25) is 0 Å². The van der Waals surface area contributed by atoms with Gasteiger partial charge in [0, 0.05) is 73.4 Å².